The van der Waals surface area contributed by atoms with Gasteiger partial charge in [0.05, 0.1) is 38.0 Å². The van der Waals surface area contributed by atoms with Crippen molar-refractivity contribution in [1.29, 1.82) is 0 Å². The van der Waals surface area contributed by atoms with Crippen LogP contribution in [0.2, 0.25) is 0 Å². The third-order valence-electron chi connectivity index (χ3n) is 17.2. The van der Waals surface area contributed by atoms with Gasteiger partial charge >= 0.3 is 25.5 Å². The summed E-state index contributed by atoms with van der Waals surface area (Å²) >= 11 is 5.49. The summed E-state index contributed by atoms with van der Waals surface area (Å²) in [4.78, 5) is 83.0. The van der Waals surface area contributed by atoms with Crippen molar-refractivity contribution >= 4 is 78.7 Å². The topological polar surface area (TPSA) is 347 Å². The number of hydrogen-bond donors (Lipinski definition) is 7. The maximum atomic E-state index is 14.7. The van der Waals surface area contributed by atoms with Gasteiger partial charge in [0.15, 0.2) is 22.9 Å². The molecule has 2 atom stereocenters. The molecule has 28 heteroatoms. The lowest BCUT2D eigenvalue weighted by Gasteiger charge is -2.45. The number of nitrogens with one attached hydrogen (secondary N) is 3. The first-order chi connectivity index (χ1) is 38.6. The zero-order chi connectivity index (χ0) is 59.4. The molecule has 6 saturated carbocycles. The highest BCUT2D eigenvalue weighted by molar-refractivity contribution is 7.59. The number of carbonyl (C=O) groups excluding carboxylic acids is 3. The number of fused-ring (bicyclic) bond motifs is 2. The van der Waals surface area contributed by atoms with Crippen LogP contribution in [0.15, 0.2) is 25.3 Å². The quantitative estimate of drug-likeness (QED) is 0.0154. The summed E-state index contributed by atoms with van der Waals surface area (Å²) in [5, 5.41) is 6.08. The fraction of sp³-hybridized carbons (Fsp3) is 0.759. The van der Waals surface area contributed by atoms with Crippen LogP contribution in [0.5, 0.6) is 0 Å². The molecule has 0 spiro atoms. The molecule has 0 aromatic carbocycles. The summed E-state index contributed by atoms with van der Waals surface area (Å²) in [7, 11) is -7.94. The van der Waals surface area contributed by atoms with Gasteiger partial charge in [0.2, 0.25) is 7.44 Å². The monoisotopic (exact) mass is 1210 g/mol. The van der Waals surface area contributed by atoms with Gasteiger partial charge in [-0.1, -0.05) is 57.8 Å². The van der Waals surface area contributed by atoms with Crippen LogP contribution in [0.25, 0.3) is 22.3 Å². The molecule has 82 heavy (non-hydrogen) atoms. The van der Waals surface area contributed by atoms with E-state index in [4.69, 9.17) is 56.7 Å². The number of aromatic nitrogens is 8. The van der Waals surface area contributed by atoms with Crippen LogP contribution < -0.4 is 26.5 Å². The molecule has 4 aromatic heterocycles. The SMILES string of the molecule is CC(C)(NCl)C(=O)OC1CC(C2CCC2)C1.C[C@H](Cn1cnc2c(N)ncnc21)OCP(=O)(NC(C)(C)C(=O)OC1CC(C2CCC2)C1)NC(C)(C)C(=O)OC1CC(C2CCC2)C1.C[C@H](Cn1cnc2c(N)ncnc21)OCP(=O)(O)O. The van der Waals surface area contributed by atoms with E-state index < -0.39 is 62.2 Å². The van der Waals surface area contributed by atoms with Crippen molar-refractivity contribution in [3.05, 3.63) is 25.3 Å². The average Bonchev–Trinajstić information content (AvgIpc) is 4.09. The lowest BCUT2D eigenvalue weighted by Crippen LogP contribution is -2.55. The number of hydrogen-bond acceptors (Lipinski definition) is 19. The van der Waals surface area contributed by atoms with E-state index in [2.05, 4.69) is 44.9 Å². The predicted octanol–water partition coefficient (Wildman–Crippen LogP) is 7.52. The Hall–Kier alpha value is -4.42. The van der Waals surface area contributed by atoms with Gasteiger partial charge in [0.25, 0.3) is 0 Å². The maximum absolute atomic E-state index is 14.7. The first-order valence-corrected chi connectivity index (χ1v) is 33.0. The molecule has 0 saturated heterocycles. The third kappa shape index (κ3) is 16.3. The van der Waals surface area contributed by atoms with Gasteiger partial charge in [-0.15, -0.1) is 0 Å². The van der Waals surface area contributed by atoms with Crippen molar-refractivity contribution in [2.24, 2.45) is 35.5 Å². The van der Waals surface area contributed by atoms with Gasteiger partial charge < -0.3 is 54.1 Å². The number of ether oxygens (including phenoxy) is 5. The van der Waals surface area contributed by atoms with Crippen molar-refractivity contribution in [3.63, 3.8) is 0 Å². The molecule has 4 aromatic rings. The van der Waals surface area contributed by atoms with Crippen LogP contribution in [0.1, 0.15) is 152 Å². The molecule has 0 unspecified atom stereocenters. The van der Waals surface area contributed by atoms with E-state index in [1.807, 2.05) is 6.92 Å². The number of esters is 3. The number of anilines is 2. The van der Waals surface area contributed by atoms with Crippen LogP contribution >= 0.6 is 26.8 Å². The van der Waals surface area contributed by atoms with Crippen molar-refractivity contribution in [3.8, 4) is 0 Å². The zero-order valence-corrected chi connectivity index (χ0v) is 51.1. The summed E-state index contributed by atoms with van der Waals surface area (Å²) in [5.74, 6) is 3.84. The van der Waals surface area contributed by atoms with Gasteiger partial charge in [0, 0.05) is 0 Å². The normalized spacial score (nSPS) is 24.7. The van der Waals surface area contributed by atoms with Crippen LogP contribution in [0.3, 0.4) is 0 Å². The van der Waals surface area contributed by atoms with Crippen molar-refractivity contribution in [1.82, 2.24) is 54.0 Å². The van der Waals surface area contributed by atoms with E-state index >= 15 is 0 Å². The number of nitrogens with two attached hydrogens (primary N) is 2. The van der Waals surface area contributed by atoms with E-state index in [0.29, 0.717) is 47.3 Å². The molecule has 0 amide bonds. The average molecular weight is 1210 g/mol. The fourth-order valence-electron chi connectivity index (χ4n) is 11.2. The Kier molecular flexibility index (Phi) is 20.5. The van der Waals surface area contributed by atoms with Crippen LogP contribution in [-0.2, 0) is 60.3 Å². The van der Waals surface area contributed by atoms with Crippen molar-refractivity contribution in [2.75, 3.05) is 24.2 Å². The van der Waals surface area contributed by atoms with E-state index in [1.165, 1.54) is 76.8 Å². The first kappa shape index (κ1) is 63.6. The third-order valence-corrected chi connectivity index (χ3v) is 20.5. The molecule has 0 aliphatic heterocycles. The highest BCUT2D eigenvalue weighted by atomic mass is 35.5. The van der Waals surface area contributed by atoms with Gasteiger partial charge in [-0.3, -0.25) is 23.5 Å². The Morgan fingerprint density at radius 3 is 1.24 bits per heavy atom. The first-order valence-electron chi connectivity index (χ1n) is 28.9. The second kappa shape index (κ2) is 26.5. The zero-order valence-electron chi connectivity index (χ0n) is 48.6. The van der Waals surface area contributed by atoms with Crippen molar-refractivity contribution in [2.45, 2.75) is 212 Å². The molecule has 6 fully saturated rings. The van der Waals surface area contributed by atoms with Gasteiger partial charge in [-0.2, -0.15) is 0 Å². The van der Waals surface area contributed by atoms with Gasteiger partial charge in [-0.05, 0) is 141 Å². The summed E-state index contributed by atoms with van der Waals surface area (Å²) in [5.41, 5.74) is 10.3. The van der Waals surface area contributed by atoms with Gasteiger partial charge in [0.1, 0.15) is 71.3 Å². The molecule has 9 N–H and O–H groups in total. The molecule has 10 rings (SSSR count). The lowest BCUT2D eigenvalue weighted by atomic mass is 9.65. The Morgan fingerprint density at radius 2 is 0.927 bits per heavy atom. The number of nitrogens with zero attached hydrogens (tertiary/aromatic N) is 8. The Labute approximate surface area is 484 Å². The number of rotatable bonds is 24. The smallest absolute Gasteiger partial charge is 0.350 e. The fourth-order valence-corrected chi connectivity index (χ4v) is 14.4. The minimum Gasteiger partial charge on any atom is -0.461 e. The molecular formula is C54H86ClN13O12P2. The Morgan fingerprint density at radius 1 is 0.585 bits per heavy atom. The maximum Gasteiger partial charge on any atom is 0.350 e. The summed E-state index contributed by atoms with van der Waals surface area (Å²) in [6.45, 7) is 14.3. The molecule has 0 radical (unpaired) electrons. The highest BCUT2D eigenvalue weighted by Crippen LogP contribution is 2.49. The van der Waals surface area contributed by atoms with E-state index in [0.717, 1.165) is 62.2 Å². The van der Waals surface area contributed by atoms with Crippen molar-refractivity contribution < 1.29 is 57.0 Å². The highest BCUT2D eigenvalue weighted by Gasteiger charge is 2.48. The molecule has 6 aliphatic rings. The predicted molar refractivity (Wildman–Crippen MR) is 307 cm³/mol. The standard InChI is InChI=1S/C33H52N7O6P.C12H20ClNO2.C9H14N5O4P/c1-20(16-40-18-37-27-28(34)35-17-36-29(27)40)44-19-47(43,38-32(2,3)30(41)45-25-12-23(13-25)21-8-6-9-21)39-33(4,5)31(42)46-26-14-24(15-26)22-10-7-11-22;1-12(2,14-13)11(15)16-10-6-9(7-10)8-4-3-5-8;1-6(18-5-19(15,16)17)2-14-4-13-7-8(10)11-3-12-9(7)14/h17-18,20-26H,6-16,19H2,1-5H3,(H2,34,35,36)(H2,38,39,43);8-10,14H,3-7H2,1-2H3;3-4,6H,2,5H2,1H3,(H2,10,11,12)(H2,15,16,17)/t20-,23?,24?,25?,26?,47?;;6-/m1.1/s1. The van der Waals surface area contributed by atoms with Crippen LogP contribution in [0, 0.1) is 35.5 Å². The number of carbonyl (C=O) groups is 3. The number of halogens is 1. The number of imidazole rings is 2. The summed E-state index contributed by atoms with van der Waals surface area (Å²) in [6, 6.07) is 0. The number of nitrogen functional groups attached to an aromatic ring is 2. The van der Waals surface area contributed by atoms with E-state index in [9.17, 15) is 23.5 Å². The largest absolute Gasteiger partial charge is 0.461 e. The minimum absolute atomic E-state index is 0.127. The Bertz CT molecular complexity index is 2870. The summed E-state index contributed by atoms with van der Waals surface area (Å²) in [6.07, 6.45) is 21.4. The second-order valence-corrected chi connectivity index (χ2v) is 29.3. The Balaban J connectivity index is 0.000000204. The molecule has 6 aliphatic carbocycles. The van der Waals surface area contributed by atoms with Crippen LogP contribution in [0.4, 0.5) is 11.6 Å². The molecule has 0 bridgehead atoms. The molecule has 25 nitrogen and oxygen atoms in total. The van der Waals surface area contributed by atoms with E-state index in [1.54, 1.807) is 63.9 Å². The van der Waals surface area contributed by atoms with E-state index in [-0.39, 0.29) is 42.3 Å². The summed E-state index contributed by atoms with van der Waals surface area (Å²) < 4.78 is 57.3. The minimum atomic E-state index is -4.16. The molecular weight excluding hydrogens is 1120 g/mol. The second-order valence-electron chi connectivity index (χ2n) is 25.3. The van der Waals surface area contributed by atoms with Crippen LogP contribution in [-0.4, -0.2) is 127 Å². The lowest BCUT2D eigenvalue weighted by molar-refractivity contribution is -0.165. The van der Waals surface area contributed by atoms with Gasteiger partial charge in [-0.25, -0.2) is 44.9 Å². The molecule has 456 valence electrons. The molecule has 4 heterocycles.